The summed E-state index contributed by atoms with van der Waals surface area (Å²) in [4.78, 5) is 12.3. The van der Waals surface area contributed by atoms with Gasteiger partial charge in [-0.3, -0.25) is 9.48 Å². The molecule has 0 saturated carbocycles. The molecule has 7 heteroatoms. The third-order valence-corrected chi connectivity index (χ3v) is 3.43. The van der Waals surface area contributed by atoms with E-state index in [0.29, 0.717) is 11.0 Å². The van der Waals surface area contributed by atoms with Crippen molar-refractivity contribution in [3.05, 3.63) is 50.7 Å². The predicted molar refractivity (Wildman–Crippen MR) is 70.4 cm³/mol. The average Bonchev–Trinajstić information content (AvgIpc) is 2.74. The highest BCUT2D eigenvalue weighted by Gasteiger charge is 2.22. The second-order valence-corrected chi connectivity index (χ2v) is 4.99. The number of carbonyl (C=O) groups is 1. The molecule has 100 valence electrons. The molecule has 0 aliphatic carbocycles. The molecular formula is C12H8BrClF2N2O. The monoisotopic (exact) mass is 348 g/mol. The van der Waals surface area contributed by atoms with Gasteiger partial charge in [-0.1, -0.05) is 11.6 Å². The van der Waals surface area contributed by atoms with Crippen LogP contribution in [0, 0.1) is 11.6 Å². The standard InChI is InChI=1S/C12H8BrClF2N2O/c1-2-18-11(7(13)5-17-18)12(19)6-3-10(16)8(14)4-9(6)15/h3-5H,2H2,1H3. The van der Waals surface area contributed by atoms with E-state index in [1.165, 1.54) is 10.9 Å². The number of aryl methyl sites for hydroxylation is 1. The topological polar surface area (TPSA) is 34.9 Å². The fourth-order valence-electron chi connectivity index (χ4n) is 1.65. The van der Waals surface area contributed by atoms with Gasteiger partial charge in [0.05, 0.1) is 21.3 Å². The van der Waals surface area contributed by atoms with Crippen molar-refractivity contribution in [2.24, 2.45) is 0 Å². The summed E-state index contributed by atoms with van der Waals surface area (Å²) in [6.07, 6.45) is 1.43. The van der Waals surface area contributed by atoms with Crippen molar-refractivity contribution in [2.45, 2.75) is 13.5 Å². The average molecular weight is 350 g/mol. The summed E-state index contributed by atoms with van der Waals surface area (Å²) in [5, 5.41) is 3.59. The number of benzene rings is 1. The number of carbonyl (C=O) groups excluding carboxylic acids is 1. The van der Waals surface area contributed by atoms with Gasteiger partial charge in [0.15, 0.2) is 0 Å². The van der Waals surface area contributed by atoms with Gasteiger partial charge in [0, 0.05) is 6.54 Å². The van der Waals surface area contributed by atoms with Gasteiger partial charge in [0.1, 0.15) is 17.3 Å². The molecule has 3 nitrogen and oxygen atoms in total. The molecule has 19 heavy (non-hydrogen) atoms. The first-order chi connectivity index (χ1) is 8.95. The first kappa shape index (κ1) is 14.1. The van der Waals surface area contributed by atoms with Gasteiger partial charge in [0.2, 0.25) is 5.78 Å². The number of halogens is 4. The highest BCUT2D eigenvalue weighted by molar-refractivity contribution is 9.10. The molecular weight excluding hydrogens is 341 g/mol. The van der Waals surface area contributed by atoms with Crippen LogP contribution in [0.4, 0.5) is 8.78 Å². The second-order valence-electron chi connectivity index (χ2n) is 3.73. The maximum Gasteiger partial charge on any atom is 0.215 e. The summed E-state index contributed by atoms with van der Waals surface area (Å²) in [5.74, 6) is -2.36. The van der Waals surface area contributed by atoms with E-state index in [9.17, 15) is 13.6 Å². The number of rotatable bonds is 3. The molecule has 1 aromatic heterocycles. The van der Waals surface area contributed by atoms with Crippen LogP contribution in [0.5, 0.6) is 0 Å². The molecule has 2 aromatic rings. The first-order valence-corrected chi connectivity index (χ1v) is 6.53. The van der Waals surface area contributed by atoms with Crippen LogP contribution < -0.4 is 0 Å². The molecule has 0 fully saturated rings. The fourth-order valence-corrected chi connectivity index (χ4v) is 2.28. The second kappa shape index (κ2) is 5.38. The summed E-state index contributed by atoms with van der Waals surface area (Å²) in [6, 6.07) is 1.57. The number of hydrogen-bond donors (Lipinski definition) is 0. The van der Waals surface area contributed by atoms with Crippen LogP contribution >= 0.6 is 27.5 Å². The predicted octanol–water partition coefficient (Wildman–Crippen LogP) is 3.83. The van der Waals surface area contributed by atoms with Crippen molar-refractivity contribution in [3.8, 4) is 0 Å². The quantitative estimate of drug-likeness (QED) is 0.623. The van der Waals surface area contributed by atoms with E-state index < -0.39 is 17.4 Å². The van der Waals surface area contributed by atoms with Gasteiger partial charge in [0.25, 0.3) is 0 Å². The molecule has 0 saturated heterocycles. The Bertz CT molecular complexity index is 657. The van der Waals surface area contributed by atoms with E-state index in [0.717, 1.165) is 12.1 Å². The fraction of sp³-hybridized carbons (Fsp3) is 0.167. The normalized spacial score (nSPS) is 10.8. The third-order valence-electron chi connectivity index (χ3n) is 2.56. The lowest BCUT2D eigenvalue weighted by molar-refractivity contribution is 0.102. The van der Waals surface area contributed by atoms with E-state index in [1.807, 2.05) is 0 Å². The Balaban J connectivity index is 2.56. The van der Waals surface area contributed by atoms with Crippen LogP contribution in [-0.2, 0) is 6.54 Å². The largest absolute Gasteiger partial charge is 0.287 e. The Morgan fingerprint density at radius 1 is 1.42 bits per heavy atom. The van der Waals surface area contributed by atoms with Crippen LogP contribution in [0.1, 0.15) is 23.0 Å². The lowest BCUT2D eigenvalue weighted by Gasteiger charge is -2.07. The Labute approximate surface area is 121 Å². The molecule has 0 unspecified atom stereocenters. The van der Waals surface area contributed by atoms with E-state index in [2.05, 4.69) is 21.0 Å². The molecule has 0 spiro atoms. The van der Waals surface area contributed by atoms with Gasteiger partial charge in [-0.05, 0) is 35.0 Å². The van der Waals surface area contributed by atoms with E-state index in [-0.39, 0.29) is 16.3 Å². The Kier molecular flexibility index (Phi) is 4.01. The number of ketones is 1. The summed E-state index contributed by atoms with van der Waals surface area (Å²) in [6.45, 7) is 2.22. The van der Waals surface area contributed by atoms with Crippen molar-refractivity contribution in [3.63, 3.8) is 0 Å². The van der Waals surface area contributed by atoms with Gasteiger partial charge >= 0.3 is 0 Å². The van der Waals surface area contributed by atoms with Gasteiger partial charge < -0.3 is 0 Å². The van der Waals surface area contributed by atoms with Gasteiger partial charge in [-0.2, -0.15) is 5.10 Å². The van der Waals surface area contributed by atoms with Crippen molar-refractivity contribution < 1.29 is 13.6 Å². The summed E-state index contributed by atoms with van der Waals surface area (Å²) >= 11 is 8.62. The molecule has 0 amide bonds. The molecule has 2 rings (SSSR count). The van der Waals surface area contributed by atoms with Crippen LogP contribution in [-0.4, -0.2) is 15.6 Å². The van der Waals surface area contributed by atoms with Gasteiger partial charge in [-0.15, -0.1) is 0 Å². The maximum absolute atomic E-state index is 13.7. The number of aromatic nitrogens is 2. The van der Waals surface area contributed by atoms with Crippen LogP contribution in [0.2, 0.25) is 5.02 Å². The lowest BCUT2D eigenvalue weighted by atomic mass is 10.1. The minimum atomic E-state index is -0.868. The van der Waals surface area contributed by atoms with E-state index in [4.69, 9.17) is 11.6 Å². The van der Waals surface area contributed by atoms with Crippen LogP contribution in [0.25, 0.3) is 0 Å². The summed E-state index contributed by atoms with van der Waals surface area (Å²) < 4.78 is 28.9. The van der Waals surface area contributed by atoms with Crippen molar-refractivity contribution in [1.29, 1.82) is 0 Å². The molecule has 0 aliphatic heterocycles. The number of nitrogens with zero attached hydrogens (tertiary/aromatic N) is 2. The highest BCUT2D eigenvalue weighted by atomic mass is 79.9. The molecule has 0 radical (unpaired) electrons. The number of hydrogen-bond acceptors (Lipinski definition) is 2. The highest BCUT2D eigenvalue weighted by Crippen LogP contribution is 2.24. The summed E-state index contributed by atoms with van der Waals surface area (Å²) in [5.41, 5.74) is -0.207. The third kappa shape index (κ3) is 2.55. The van der Waals surface area contributed by atoms with Gasteiger partial charge in [-0.25, -0.2) is 8.78 Å². The SMILES string of the molecule is CCn1ncc(Br)c1C(=O)c1cc(F)c(Cl)cc1F. The Morgan fingerprint density at radius 2 is 2.11 bits per heavy atom. The van der Waals surface area contributed by atoms with Crippen molar-refractivity contribution in [2.75, 3.05) is 0 Å². The smallest absolute Gasteiger partial charge is 0.215 e. The van der Waals surface area contributed by atoms with E-state index >= 15 is 0 Å². The molecule has 1 heterocycles. The first-order valence-electron chi connectivity index (χ1n) is 5.36. The van der Waals surface area contributed by atoms with Crippen LogP contribution in [0.15, 0.2) is 22.8 Å². The molecule has 0 N–H and O–H groups in total. The molecule has 0 bridgehead atoms. The van der Waals surface area contributed by atoms with Crippen LogP contribution in [0.3, 0.4) is 0 Å². The Morgan fingerprint density at radius 3 is 2.74 bits per heavy atom. The molecule has 0 aliphatic rings. The Hall–Kier alpha value is -1.27. The lowest BCUT2D eigenvalue weighted by Crippen LogP contribution is -2.13. The maximum atomic E-state index is 13.7. The zero-order chi connectivity index (χ0) is 14.2. The zero-order valence-electron chi connectivity index (χ0n) is 9.75. The summed E-state index contributed by atoms with van der Waals surface area (Å²) in [7, 11) is 0. The van der Waals surface area contributed by atoms with Crippen molar-refractivity contribution in [1.82, 2.24) is 9.78 Å². The minimum Gasteiger partial charge on any atom is -0.287 e. The van der Waals surface area contributed by atoms with E-state index in [1.54, 1.807) is 6.92 Å². The molecule has 1 aromatic carbocycles. The van der Waals surface area contributed by atoms with Crippen molar-refractivity contribution >= 4 is 33.3 Å². The molecule has 0 atom stereocenters. The zero-order valence-corrected chi connectivity index (χ0v) is 12.1. The minimum absolute atomic E-state index is 0.170.